The molecule has 0 fully saturated rings. The van der Waals surface area contributed by atoms with Crippen molar-refractivity contribution in [3.63, 3.8) is 0 Å². The van der Waals surface area contributed by atoms with Gasteiger partial charge in [0.05, 0.1) is 4.90 Å². The molecule has 0 saturated carbocycles. The van der Waals surface area contributed by atoms with E-state index >= 15 is 0 Å². The molecule has 0 amide bonds. The number of aliphatic hydroxyl groups is 1. The second kappa shape index (κ2) is 6.31. The van der Waals surface area contributed by atoms with Crippen molar-refractivity contribution in [2.24, 2.45) is 0 Å². The van der Waals surface area contributed by atoms with Crippen LogP contribution in [0.15, 0.2) is 23.1 Å². The number of nitrogen functional groups attached to an aromatic ring is 1. The zero-order chi connectivity index (χ0) is 14.6. The van der Waals surface area contributed by atoms with Crippen LogP contribution >= 0.6 is 0 Å². The zero-order valence-corrected chi connectivity index (χ0v) is 11.8. The molecule has 0 aliphatic rings. The van der Waals surface area contributed by atoms with E-state index in [-0.39, 0.29) is 29.8 Å². The first-order chi connectivity index (χ1) is 8.78. The number of nitrogens with two attached hydrogens (primary N) is 1. The van der Waals surface area contributed by atoms with Crippen molar-refractivity contribution in [3.8, 4) is 0 Å². The van der Waals surface area contributed by atoms with Crippen LogP contribution in [0.25, 0.3) is 0 Å². The highest BCUT2D eigenvalue weighted by Gasteiger charge is 2.27. The average Bonchev–Trinajstić information content (AvgIpc) is 2.27. The van der Waals surface area contributed by atoms with E-state index in [1.54, 1.807) is 13.8 Å². The maximum absolute atomic E-state index is 13.3. The first-order valence-electron chi connectivity index (χ1n) is 5.98. The Balaban J connectivity index is 3.18. The molecule has 0 heterocycles. The fourth-order valence-corrected chi connectivity index (χ4v) is 3.49. The number of aliphatic hydroxyl groups excluding tert-OH is 1. The standard InChI is InChI=1S/C12H19FN2O3S/c1-9(2)15(4-3-5-16)19(17,18)12-7-10(13)6-11(14)8-12/h6-9,16H,3-5,14H2,1-2H3. The molecular formula is C12H19FN2O3S. The first-order valence-corrected chi connectivity index (χ1v) is 7.42. The summed E-state index contributed by atoms with van der Waals surface area (Å²) in [5, 5.41) is 8.82. The largest absolute Gasteiger partial charge is 0.399 e. The summed E-state index contributed by atoms with van der Waals surface area (Å²) >= 11 is 0. The van der Waals surface area contributed by atoms with Crippen LogP contribution in [0, 0.1) is 5.82 Å². The van der Waals surface area contributed by atoms with Crippen molar-refractivity contribution in [2.75, 3.05) is 18.9 Å². The number of nitrogens with zero attached hydrogens (tertiary/aromatic N) is 1. The first kappa shape index (κ1) is 15.9. The molecule has 0 saturated heterocycles. The van der Waals surface area contributed by atoms with E-state index in [1.165, 1.54) is 10.4 Å². The highest BCUT2D eigenvalue weighted by molar-refractivity contribution is 7.89. The minimum Gasteiger partial charge on any atom is -0.399 e. The fourth-order valence-electron chi connectivity index (χ4n) is 1.75. The lowest BCUT2D eigenvalue weighted by Gasteiger charge is -2.25. The van der Waals surface area contributed by atoms with Crippen molar-refractivity contribution in [1.82, 2.24) is 4.31 Å². The van der Waals surface area contributed by atoms with Crippen molar-refractivity contribution in [3.05, 3.63) is 24.0 Å². The summed E-state index contributed by atoms with van der Waals surface area (Å²) < 4.78 is 39.3. The number of anilines is 1. The van der Waals surface area contributed by atoms with Gasteiger partial charge in [0.2, 0.25) is 10.0 Å². The Morgan fingerprint density at radius 3 is 2.47 bits per heavy atom. The van der Waals surface area contributed by atoms with Crippen LogP contribution in [0.1, 0.15) is 20.3 Å². The summed E-state index contributed by atoms with van der Waals surface area (Å²) in [6.07, 6.45) is 0.322. The van der Waals surface area contributed by atoms with E-state index in [0.29, 0.717) is 6.42 Å². The van der Waals surface area contributed by atoms with Gasteiger partial charge >= 0.3 is 0 Å². The number of hydrogen-bond acceptors (Lipinski definition) is 4. The maximum Gasteiger partial charge on any atom is 0.243 e. The molecule has 0 unspecified atom stereocenters. The smallest absolute Gasteiger partial charge is 0.243 e. The fraction of sp³-hybridized carbons (Fsp3) is 0.500. The Hall–Kier alpha value is -1.18. The molecule has 3 N–H and O–H groups in total. The molecule has 0 aliphatic heterocycles. The molecule has 1 aromatic rings. The third kappa shape index (κ3) is 3.89. The third-order valence-corrected chi connectivity index (χ3v) is 4.67. The van der Waals surface area contributed by atoms with Gasteiger partial charge in [-0.1, -0.05) is 0 Å². The SMILES string of the molecule is CC(C)N(CCCO)S(=O)(=O)c1cc(N)cc(F)c1. The van der Waals surface area contributed by atoms with Crippen molar-refractivity contribution in [1.29, 1.82) is 0 Å². The molecule has 1 aromatic carbocycles. The molecule has 19 heavy (non-hydrogen) atoms. The van der Waals surface area contributed by atoms with E-state index in [9.17, 15) is 12.8 Å². The maximum atomic E-state index is 13.3. The molecule has 0 bridgehead atoms. The molecule has 5 nitrogen and oxygen atoms in total. The summed E-state index contributed by atoms with van der Waals surface area (Å²) in [5.74, 6) is -0.690. The molecule has 108 valence electrons. The number of rotatable bonds is 6. The predicted molar refractivity (Wildman–Crippen MR) is 71.5 cm³/mol. The molecular weight excluding hydrogens is 271 g/mol. The highest BCUT2D eigenvalue weighted by Crippen LogP contribution is 2.22. The third-order valence-electron chi connectivity index (χ3n) is 2.61. The van der Waals surface area contributed by atoms with Crippen molar-refractivity contribution in [2.45, 2.75) is 31.2 Å². The quantitative estimate of drug-likeness (QED) is 0.771. The van der Waals surface area contributed by atoms with Gasteiger partial charge in [-0.15, -0.1) is 0 Å². The number of hydrogen-bond donors (Lipinski definition) is 2. The molecule has 0 aliphatic carbocycles. The number of sulfonamides is 1. The minimum absolute atomic E-state index is 0.0597. The topological polar surface area (TPSA) is 83.6 Å². The molecule has 7 heteroatoms. The zero-order valence-electron chi connectivity index (χ0n) is 11.0. The van der Waals surface area contributed by atoms with Crippen LogP contribution < -0.4 is 5.73 Å². The van der Waals surface area contributed by atoms with Gasteiger partial charge in [-0.05, 0) is 38.5 Å². The Morgan fingerprint density at radius 2 is 2.00 bits per heavy atom. The van der Waals surface area contributed by atoms with Crippen LogP contribution in [-0.4, -0.2) is 37.0 Å². The van der Waals surface area contributed by atoms with Gasteiger partial charge < -0.3 is 10.8 Å². The Bertz CT molecular complexity index is 512. The predicted octanol–water partition coefficient (Wildman–Crippen LogP) is 1.19. The molecule has 0 aromatic heterocycles. The van der Waals surface area contributed by atoms with Gasteiger partial charge in [0.25, 0.3) is 0 Å². The Kier molecular flexibility index (Phi) is 5.28. The van der Waals surface area contributed by atoms with Gasteiger partial charge in [-0.3, -0.25) is 0 Å². The van der Waals surface area contributed by atoms with Gasteiger partial charge in [0, 0.05) is 24.9 Å². The lowest BCUT2D eigenvalue weighted by Crippen LogP contribution is -2.38. The van der Waals surface area contributed by atoms with Crippen molar-refractivity contribution < 1.29 is 17.9 Å². The van der Waals surface area contributed by atoms with E-state index in [2.05, 4.69) is 0 Å². The Morgan fingerprint density at radius 1 is 1.37 bits per heavy atom. The molecule has 0 atom stereocenters. The van der Waals surface area contributed by atoms with E-state index in [4.69, 9.17) is 10.8 Å². The normalized spacial score (nSPS) is 12.3. The summed E-state index contributed by atoms with van der Waals surface area (Å²) in [6.45, 7) is 3.51. The molecule has 0 radical (unpaired) electrons. The van der Waals surface area contributed by atoms with Crippen LogP contribution in [0.2, 0.25) is 0 Å². The molecule has 1 rings (SSSR count). The van der Waals surface area contributed by atoms with Crippen LogP contribution in [0.4, 0.5) is 10.1 Å². The lowest BCUT2D eigenvalue weighted by molar-refractivity contribution is 0.258. The molecule has 0 spiro atoms. The lowest BCUT2D eigenvalue weighted by atomic mass is 10.3. The second-order valence-electron chi connectivity index (χ2n) is 4.51. The van der Waals surface area contributed by atoms with Crippen molar-refractivity contribution >= 4 is 15.7 Å². The average molecular weight is 290 g/mol. The van der Waals surface area contributed by atoms with Gasteiger partial charge in [0.15, 0.2) is 0 Å². The van der Waals surface area contributed by atoms with Crippen LogP contribution in [0.5, 0.6) is 0 Å². The Labute approximate surface area is 112 Å². The minimum atomic E-state index is -3.82. The van der Waals surface area contributed by atoms with Gasteiger partial charge in [0.1, 0.15) is 5.82 Å². The van der Waals surface area contributed by atoms with E-state index < -0.39 is 15.8 Å². The summed E-state index contributed by atoms with van der Waals surface area (Å²) in [4.78, 5) is -0.170. The second-order valence-corrected chi connectivity index (χ2v) is 6.40. The van der Waals surface area contributed by atoms with Crippen LogP contribution in [-0.2, 0) is 10.0 Å². The summed E-state index contributed by atoms with van der Waals surface area (Å²) in [6, 6.07) is 2.94. The number of halogens is 1. The number of benzene rings is 1. The summed E-state index contributed by atoms with van der Waals surface area (Å²) in [5.41, 5.74) is 5.53. The van der Waals surface area contributed by atoms with Gasteiger partial charge in [-0.25, -0.2) is 12.8 Å². The monoisotopic (exact) mass is 290 g/mol. The van der Waals surface area contributed by atoms with E-state index in [0.717, 1.165) is 12.1 Å². The van der Waals surface area contributed by atoms with Crippen LogP contribution in [0.3, 0.4) is 0 Å². The van der Waals surface area contributed by atoms with Gasteiger partial charge in [-0.2, -0.15) is 4.31 Å². The van der Waals surface area contributed by atoms with E-state index in [1.807, 2.05) is 0 Å². The summed E-state index contributed by atoms with van der Waals surface area (Å²) in [7, 11) is -3.82. The highest BCUT2D eigenvalue weighted by atomic mass is 32.2.